The topological polar surface area (TPSA) is 21.3 Å². The second-order valence-electron chi connectivity index (χ2n) is 18.9. The van der Waals surface area contributed by atoms with Gasteiger partial charge in [0.1, 0.15) is 11.2 Å². The average Bonchev–Trinajstić information content (AvgIpc) is 4.03. The molecule has 0 bridgehead atoms. The summed E-state index contributed by atoms with van der Waals surface area (Å²) in [6, 6.07) is 95.5. The number of hydrogen-bond donors (Lipinski definition) is 0. The van der Waals surface area contributed by atoms with Crippen LogP contribution in [0.1, 0.15) is 11.1 Å². The fourth-order valence-corrected chi connectivity index (χ4v) is 10.6. The zero-order valence-electron chi connectivity index (χ0n) is 41.2. The van der Waals surface area contributed by atoms with Crippen molar-refractivity contribution in [2.24, 2.45) is 0 Å². The van der Waals surface area contributed by atoms with Gasteiger partial charge in [-0.2, -0.15) is 0 Å². The van der Waals surface area contributed by atoms with Crippen LogP contribution in [0.25, 0.3) is 106 Å². The van der Waals surface area contributed by atoms with Crippen LogP contribution in [-0.4, -0.2) is 4.57 Å². The normalized spacial score (nSPS) is 11.8. The summed E-state index contributed by atoms with van der Waals surface area (Å²) in [4.78, 5) is 2.33. The van der Waals surface area contributed by atoms with Crippen LogP contribution in [0.4, 0.5) is 17.1 Å². The summed E-state index contributed by atoms with van der Waals surface area (Å²) in [6.45, 7) is 4.05. The molecule has 2 aromatic heterocycles. The van der Waals surface area contributed by atoms with Crippen LogP contribution in [0.5, 0.6) is 0 Å². The molecule has 0 saturated heterocycles. The fourth-order valence-electron chi connectivity index (χ4n) is 10.6. The molecule has 0 fully saturated rings. The number of fused-ring (bicyclic) bond motifs is 6. The number of rotatable bonds is 12. The van der Waals surface area contributed by atoms with Gasteiger partial charge in [0.2, 0.25) is 0 Å². The van der Waals surface area contributed by atoms with Crippen LogP contribution in [0, 0.1) is 0 Å². The lowest BCUT2D eigenvalue weighted by Gasteiger charge is -2.26. The van der Waals surface area contributed by atoms with Crippen molar-refractivity contribution in [3.63, 3.8) is 0 Å². The van der Waals surface area contributed by atoms with Crippen LogP contribution < -0.4 is 4.90 Å². The molecule has 3 heteroatoms. The molecular formula is C72H50N2O. The van der Waals surface area contributed by atoms with Crippen LogP contribution in [0.15, 0.2) is 296 Å². The first-order chi connectivity index (χ1) is 37.1. The molecule has 0 radical (unpaired) electrons. The van der Waals surface area contributed by atoms with Gasteiger partial charge in [-0.15, -0.1) is 0 Å². The fraction of sp³-hybridized carbons (Fsp3) is 0. The van der Waals surface area contributed by atoms with E-state index < -0.39 is 0 Å². The van der Waals surface area contributed by atoms with Gasteiger partial charge in [0.25, 0.3) is 0 Å². The Morgan fingerprint density at radius 3 is 1.53 bits per heavy atom. The molecule has 75 heavy (non-hydrogen) atoms. The number of benzene rings is 11. The Kier molecular flexibility index (Phi) is 11.7. The van der Waals surface area contributed by atoms with Gasteiger partial charge >= 0.3 is 0 Å². The van der Waals surface area contributed by atoms with E-state index in [0.29, 0.717) is 0 Å². The third kappa shape index (κ3) is 8.63. The zero-order valence-corrected chi connectivity index (χ0v) is 41.2. The first-order valence-corrected chi connectivity index (χ1v) is 25.5. The minimum Gasteiger partial charge on any atom is -0.455 e. The first kappa shape index (κ1) is 44.9. The second kappa shape index (κ2) is 19.6. The van der Waals surface area contributed by atoms with Crippen molar-refractivity contribution in [3.8, 4) is 50.2 Å². The van der Waals surface area contributed by atoms with Gasteiger partial charge in [0, 0.05) is 49.9 Å². The predicted octanol–water partition coefficient (Wildman–Crippen LogP) is 20.1. The van der Waals surface area contributed by atoms with Crippen LogP contribution in [0.3, 0.4) is 0 Å². The van der Waals surface area contributed by atoms with Gasteiger partial charge in [-0.1, -0.05) is 225 Å². The Bertz CT molecular complexity index is 4240. The minimum absolute atomic E-state index is 0.906. The van der Waals surface area contributed by atoms with Crippen molar-refractivity contribution in [3.05, 3.63) is 303 Å². The highest BCUT2D eigenvalue weighted by atomic mass is 16.3. The van der Waals surface area contributed by atoms with Gasteiger partial charge in [0.15, 0.2) is 0 Å². The van der Waals surface area contributed by atoms with Gasteiger partial charge in [-0.25, -0.2) is 0 Å². The number of aromatic nitrogens is 1. The highest BCUT2D eigenvalue weighted by Crippen LogP contribution is 2.41. The molecule has 0 amide bonds. The van der Waals surface area contributed by atoms with E-state index in [-0.39, 0.29) is 0 Å². The maximum absolute atomic E-state index is 6.47. The molecule has 354 valence electrons. The Morgan fingerprint density at radius 1 is 0.400 bits per heavy atom. The molecule has 0 unspecified atom stereocenters. The number of para-hydroxylation sites is 3. The molecule has 0 aliphatic carbocycles. The van der Waals surface area contributed by atoms with Gasteiger partial charge in [0.05, 0.1) is 11.0 Å². The Hall–Kier alpha value is -9.96. The summed E-state index contributed by atoms with van der Waals surface area (Å²) in [6.07, 6.45) is 8.25. The second-order valence-corrected chi connectivity index (χ2v) is 18.9. The van der Waals surface area contributed by atoms with E-state index in [1.165, 1.54) is 38.5 Å². The quantitative estimate of drug-likeness (QED) is 0.114. The van der Waals surface area contributed by atoms with Crippen molar-refractivity contribution in [2.75, 3.05) is 4.90 Å². The van der Waals surface area contributed by atoms with Crippen molar-refractivity contribution >= 4 is 72.5 Å². The number of anilines is 3. The maximum atomic E-state index is 6.47. The van der Waals surface area contributed by atoms with E-state index in [9.17, 15) is 0 Å². The summed E-state index contributed by atoms with van der Waals surface area (Å²) in [5.41, 5.74) is 21.1. The summed E-state index contributed by atoms with van der Waals surface area (Å²) < 4.78 is 8.85. The number of allylic oxidation sites excluding steroid dienone is 4. The molecule has 13 rings (SSSR count). The highest BCUT2D eigenvalue weighted by Gasteiger charge is 2.18. The van der Waals surface area contributed by atoms with Crippen molar-refractivity contribution in [1.29, 1.82) is 0 Å². The summed E-state index contributed by atoms with van der Waals surface area (Å²) in [7, 11) is 0. The monoisotopic (exact) mass is 958 g/mol. The molecule has 0 aliphatic heterocycles. The first-order valence-electron chi connectivity index (χ1n) is 25.5. The van der Waals surface area contributed by atoms with E-state index in [2.05, 4.69) is 283 Å². The number of hydrogen-bond acceptors (Lipinski definition) is 2. The van der Waals surface area contributed by atoms with Gasteiger partial charge in [-0.3, -0.25) is 0 Å². The molecule has 0 N–H and O–H groups in total. The van der Waals surface area contributed by atoms with Crippen LogP contribution in [0.2, 0.25) is 0 Å². The lowest BCUT2D eigenvalue weighted by Crippen LogP contribution is -2.09. The summed E-state index contributed by atoms with van der Waals surface area (Å²) in [5.74, 6) is 0. The zero-order chi connectivity index (χ0) is 50.1. The molecule has 0 spiro atoms. The van der Waals surface area contributed by atoms with Crippen molar-refractivity contribution < 1.29 is 4.42 Å². The maximum Gasteiger partial charge on any atom is 0.143 e. The van der Waals surface area contributed by atoms with E-state index in [1.54, 1.807) is 0 Å². The van der Waals surface area contributed by atoms with E-state index >= 15 is 0 Å². The van der Waals surface area contributed by atoms with E-state index in [4.69, 9.17) is 4.42 Å². The van der Waals surface area contributed by atoms with Crippen LogP contribution >= 0.6 is 0 Å². The predicted molar refractivity (Wildman–Crippen MR) is 318 cm³/mol. The molecule has 11 aromatic carbocycles. The van der Waals surface area contributed by atoms with E-state index in [1.807, 2.05) is 24.3 Å². The van der Waals surface area contributed by atoms with Gasteiger partial charge < -0.3 is 13.9 Å². The summed E-state index contributed by atoms with van der Waals surface area (Å²) in [5, 5.41) is 4.69. The Labute approximate surface area is 437 Å². The van der Waals surface area contributed by atoms with Crippen molar-refractivity contribution in [1.82, 2.24) is 4.57 Å². The number of furan rings is 1. The summed E-state index contributed by atoms with van der Waals surface area (Å²) >= 11 is 0. The van der Waals surface area contributed by atoms with Crippen LogP contribution in [-0.2, 0) is 0 Å². The lowest BCUT2D eigenvalue weighted by atomic mass is 10.00. The lowest BCUT2D eigenvalue weighted by molar-refractivity contribution is 0.670. The van der Waals surface area contributed by atoms with Crippen molar-refractivity contribution in [2.45, 2.75) is 0 Å². The smallest absolute Gasteiger partial charge is 0.143 e. The molecule has 3 nitrogen and oxygen atoms in total. The highest BCUT2D eigenvalue weighted by molar-refractivity contribution is 6.13. The average molecular weight is 959 g/mol. The SMILES string of the molecule is C=CC(=CC=Cc1ccc(N(c2ccc(-c3ccc(-c4ccccc4)cc3)cc2)c2ccc(-c3ccc(-n4c5ccccc5c5cc(-c6cccc7c6oc6ccccc67)ccc54)cc3)cc2)cc1)c1ccccc1. The third-order valence-electron chi connectivity index (χ3n) is 14.5. The molecule has 0 saturated carbocycles. The van der Waals surface area contributed by atoms with E-state index in [0.717, 1.165) is 89.2 Å². The minimum atomic E-state index is 0.906. The largest absolute Gasteiger partial charge is 0.455 e. The van der Waals surface area contributed by atoms with Gasteiger partial charge in [-0.05, 0) is 128 Å². The molecule has 13 aromatic rings. The number of nitrogens with zero attached hydrogens (tertiary/aromatic N) is 2. The molecule has 2 heterocycles. The molecule has 0 atom stereocenters. The Balaban J connectivity index is 0.804. The molecule has 0 aliphatic rings. The standard InChI is InChI=1S/C72H50N2O/c1-2-51(52-16-5-3-6-17-52)20-13-15-50-27-40-60(41-28-50)73(61-42-33-56(34-43-61)55-31-29-54(30-32-55)53-18-7-4-8-19-53)62-44-35-57(36-45-62)58-37-46-63(47-38-58)74-69-25-11-9-21-65(69)68-49-59(39-48-70(68)74)64-23-14-24-67-66-22-10-12-26-71(66)75-72(64)67/h2-49H,1H2. The Morgan fingerprint density at radius 2 is 0.893 bits per heavy atom. The third-order valence-corrected chi connectivity index (χ3v) is 14.5. The molecular weight excluding hydrogens is 909 g/mol.